The van der Waals surface area contributed by atoms with Crippen LogP contribution in [0.2, 0.25) is 0 Å². The maximum atomic E-state index is 11.6. The molecule has 0 N–H and O–H groups in total. The first-order chi connectivity index (χ1) is 7.35. The van der Waals surface area contributed by atoms with Gasteiger partial charge in [0, 0.05) is 19.9 Å². The minimum absolute atomic E-state index is 0.594. The summed E-state index contributed by atoms with van der Waals surface area (Å²) in [5, 5.41) is 0. The first-order valence-electron chi connectivity index (χ1n) is 4.67. The van der Waals surface area contributed by atoms with E-state index in [1.807, 2.05) is 0 Å². The second-order valence-electron chi connectivity index (χ2n) is 3.44. The summed E-state index contributed by atoms with van der Waals surface area (Å²) in [6, 6.07) is 0. The largest absolute Gasteiger partial charge is 0.411 e. The molecule has 0 spiro atoms. The molecular formula is C11H12O5. The highest BCUT2D eigenvalue weighted by molar-refractivity contribution is 6.01. The fourth-order valence-electron chi connectivity index (χ4n) is 1.35. The van der Waals surface area contributed by atoms with Crippen LogP contribution in [0.25, 0.3) is 0 Å². The predicted molar refractivity (Wildman–Crippen MR) is 54.2 cm³/mol. The molecule has 0 heterocycles. The number of rotatable bonds is 2. The van der Waals surface area contributed by atoms with Crippen molar-refractivity contribution in [3.63, 3.8) is 0 Å². The lowest BCUT2D eigenvalue weighted by Gasteiger charge is -2.28. The van der Waals surface area contributed by atoms with Gasteiger partial charge in [0.15, 0.2) is 0 Å². The maximum absolute atomic E-state index is 11.6. The Morgan fingerprint density at radius 3 is 2.06 bits per heavy atom. The molecule has 0 aromatic rings. The van der Waals surface area contributed by atoms with Gasteiger partial charge in [0.1, 0.15) is 0 Å². The molecular weight excluding hydrogens is 212 g/mol. The Morgan fingerprint density at radius 1 is 1.12 bits per heavy atom. The van der Waals surface area contributed by atoms with Crippen LogP contribution in [-0.2, 0) is 23.9 Å². The molecule has 5 nitrogen and oxygen atoms in total. The van der Waals surface area contributed by atoms with Crippen LogP contribution in [0, 0.1) is 0 Å². The van der Waals surface area contributed by atoms with E-state index in [0.717, 1.165) is 13.8 Å². The molecule has 0 aromatic heterocycles. The van der Waals surface area contributed by atoms with Crippen LogP contribution in [0.3, 0.4) is 0 Å². The van der Waals surface area contributed by atoms with Crippen LogP contribution in [0.15, 0.2) is 23.8 Å². The van der Waals surface area contributed by atoms with Gasteiger partial charge < -0.3 is 9.47 Å². The number of allylic oxidation sites excluding steroid dienone is 2. The van der Waals surface area contributed by atoms with Crippen molar-refractivity contribution in [3.05, 3.63) is 23.8 Å². The summed E-state index contributed by atoms with van der Waals surface area (Å²) in [6.07, 6.45) is 4.06. The highest BCUT2D eigenvalue weighted by atomic mass is 16.7. The predicted octanol–water partition coefficient (Wildman–Crippen LogP) is 0.894. The minimum atomic E-state index is -1.93. The van der Waals surface area contributed by atoms with Gasteiger partial charge in [-0.05, 0) is 18.6 Å². The summed E-state index contributed by atoms with van der Waals surface area (Å²) in [6.45, 7) is 3.98. The molecule has 86 valence electrons. The van der Waals surface area contributed by atoms with E-state index < -0.39 is 23.5 Å². The van der Waals surface area contributed by atoms with Crippen molar-refractivity contribution in [2.45, 2.75) is 26.6 Å². The minimum Gasteiger partial charge on any atom is -0.411 e. The van der Waals surface area contributed by atoms with Crippen LogP contribution in [-0.4, -0.2) is 23.5 Å². The van der Waals surface area contributed by atoms with E-state index >= 15 is 0 Å². The van der Waals surface area contributed by atoms with Gasteiger partial charge in [-0.15, -0.1) is 0 Å². The van der Waals surface area contributed by atoms with E-state index in [1.54, 1.807) is 13.0 Å². The molecule has 0 atom stereocenters. The Bertz CT molecular complexity index is 387. The summed E-state index contributed by atoms with van der Waals surface area (Å²) < 4.78 is 9.63. The molecule has 0 fully saturated rings. The van der Waals surface area contributed by atoms with Crippen molar-refractivity contribution in [1.82, 2.24) is 0 Å². The van der Waals surface area contributed by atoms with Crippen LogP contribution >= 0.6 is 0 Å². The van der Waals surface area contributed by atoms with Gasteiger partial charge >= 0.3 is 17.7 Å². The Morgan fingerprint density at radius 2 is 1.62 bits per heavy atom. The molecule has 1 aliphatic rings. The fraction of sp³-hybridized carbons (Fsp3) is 0.364. The monoisotopic (exact) mass is 224 g/mol. The Labute approximate surface area is 92.7 Å². The Kier molecular flexibility index (Phi) is 3.27. The summed E-state index contributed by atoms with van der Waals surface area (Å²) in [5.41, 5.74) is 0.669. The van der Waals surface area contributed by atoms with Crippen molar-refractivity contribution >= 4 is 17.7 Å². The van der Waals surface area contributed by atoms with E-state index in [4.69, 9.17) is 9.47 Å². The zero-order valence-corrected chi connectivity index (χ0v) is 9.27. The van der Waals surface area contributed by atoms with Gasteiger partial charge in [-0.2, -0.15) is 0 Å². The van der Waals surface area contributed by atoms with Crippen molar-refractivity contribution in [1.29, 1.82) is 0 Å². The molecule has 0 saturated heterocycles. The zero-order chi connectivity index (χ0) is 12.3. The number of ether oxygens (including phenoxy) is 2. The van der Waals surface area contributed by atoms with Gasteiger partial charge in [0.25, 0.3) is 0 Å². The van der Waals surface area contributed by atoms with E-state index in [-0.39, 0.29) is 0 Å². The highest BCUT2D eigenvalue weighted by Crippen LogP contribution is 2.24. The summed E-state index contributed by atoms with van der Waals surface area (Å²) in [4.78, 5) is 33.5. The Hall–Kier alpha value is -1.91. The summed E-state index contributed by atoms with van der Waals surface area (Å²) in [5.74, 6) is -3.93. The summed E-state index contributed by atoms with van der Waals surface area (Å²) in [7, 11) is 0. The van der Waals surface area contributed by atoms with Gasteiger partial charge in [0.05, 0.1) is 0 Å². The van der Waals surface area contributed by atoms with Gasteiger partial charge in [-0.25, -0.2) is 0 Å². The number of hydrogen-bond donors (Lipinski definition) is 0. The first-order valence-corrected chi connectivity index (χ1v) is 4.67. The second kappa shape index (κ2) is 4.30. The van der Waals surface area contributed by atoms with Crippen molar-refractivity contribution in [2.75, 3.05) is 0 Å². The van der Waals surface area contributed by atoms with Crippen molar-refractivity contribution in [3.8, 4) is 0 Å². The number of carbonyl (C=O) groups excluding carboxylic acids is 3. The molecule has 0 amide bonds. The molecule has 16 heavy (non-hydrogen) atoms. The molecule has 0 unspecified atom stereocenters. The normalized spacial score (nSPS) is 17.7. The first kappa shape index (κ1) is 12.2. The lowest BCUT2D eigenvalue weighted by atomic mass is 10.0. The smallest absolute Gasteiger partial charge is 0.341 e. The van der Waals surface area contributed by atoms with Gasteiger partial charge in [-0.1, -0.05) is 6.08 Å². The number of ketones is 1. The highest BCUT2D eigenvalue weighted by Gasteiger charge is 2.43. The zero-order valence-electron chi connectivity index (χ0n) is 9.27. The van der Waals surface area contributed by atoms with Crippen molar-refractivity contribution < 1.29 is 23.9 Å². The third kappa shape index (κ3) is 2.56. The lowest BCUT2D eigenvalue weighted by molar-refractivity contribution is -0.207. The molecule has 0 aliphatic heterocycles. The van der Waals surface area contributed by atoms with Crippen LogP contribution < -0.4 is 0 Å². The molecule has 0 bridgehead atoms. The Balaban J connectivity index is 3.12. The lowest BCUT2D eigenvalue weighted by Crippen LogP contribution is -2.45. The average Bonchev–Trinajstić information content (AvgIpc) is 2.09. The van der Waals surface area contributed by atoms with Crippen LogP contribution in [0.4, 0.5) is 0 Å². The number of hydrogen-bond acceptors (Lipinski definition) is 5. The van der Waals surface area contributed by atoms with E-state index in [9.17, 15) is 14.4 Å². The fourth-order valence-corrected chi connectivity index (χ4v) is 1.35. The maximum Gasteiger partial charge on any atom is 0.341 e. The topological polar surface area (TPSA) is 69.7 Å². The van der Waals surface area contributed by atoms with Gasteiger partial charge in [-0.3, -0.25) is 14.4 Å². The van der Waals surface area contributed by atoms with E-state index in [1.165, 1.54) is 12.2 Å². The quantitative estimate of drug-likeness (QED) is 0.514. The molecule has 1 aliphatic carbocycles. The second-order valence-corrected chi connectivity index (χ2v) is 3.44. The number of carbonyl (C=O) groups is 3. The van der Waals surface area contributed by atoms with Crippen LogP contribution in [0.1, 0.15) is 20.8 Å². The molecule has 0 saturated carbocycles. The van der Waals surface area contributed by atoms with E-state index in [2.05, 4.69) is 0 Å². The third-order valence-electron chi connectivity index (χ3n) is 1.85. The molecule has 1 rings (SSSR count). The third-order valence-corrected chi connectivity index (χ3v) is 1.85. The molecule has 5 heteroatoms. The molecule has 0 radical (unpaired) electrons. The van der Waals surface area contributed by atoms with Crippen molar-refractivity contribution in [2.24, 2.45) is 0 Å². The van der Waals surface area contributed by atoms with Gasteiger partial charge in [0.2, 0.25) is 5.78 Å². The SMILES string of the molecule is CC(=O)OC1(OC(C)=O)C=C(C)C=CC1=O. The number of esters is 2. The molecule has 0 aromatic carbocycles. The summed E-state index contributed by atoms with van der Waals surface area (Å²) >= 11 is 0. The van der Waals surface area contributed by atoms with Crippen LogP contribution in [0.5, 0.6) is 0 Å². The standard InChI is InChI=1S/C11H12O5/c1-7-4-5-10(14)11(6-7,15-8(2)12)16-9(3)13/h4-6H,1-3H3. The average molecular weight is 224 g/mol. The van der Waals surface area contributed by atoms with E-state index in [0.29, 0.717) is 5.57 Å².